The van der Waals surface area contributed by atoms with Crippen LogP contribution in [0, 0.1) is 5.41 Å². The minimum absolute atomic E-state index is 0.0957. The summed E-state index contributed by atoms with van der Waals surface area (Å²) in [6, 6.07) is 0. The van der Waals surface area contributed by atoms with E-state index in [0.29, 0.717) is 32.7 Å². The molecule has 1 aliphatic carbocycles. The largest absolute Gasteiger partial charge is 0.339 e. The summed E-state index contributed by atoms with van der Waals surface area (Å²) in [5.41, 5.74) is 5.59. The van der Waals surface area contributed by atoms with Crippen molar-refractivity contribution in [2.75, 3.05) is 32.7 Å². The minimum Gasteiger partial charge on any atom is -0.339 e. The Morgan fingerprint density at radius 1 is 1.00 bits per heavy atom. The average molecular weight is 267 g/mol. The Balaban J connectivity index is 1.98. The molecule has 1 aliphatic heterocycles. The molecule has 2 N–H and O–H groups in total. The zero-order valence-electron chi connectivity index (χ0n) is 11.9. The van der Waals surface area contributed by atoms with Crippen LogP contribution in [-0.2, 0) is 9.59 Å². The predicted molar refractivity (Wildman–Crippen MR) is 73.4 cm³/mol. The highest BCUT2D eigenvalue weighted by atomic mass is 16.2. The van der Waals surface area contributed by atoms with E-state index in [1.54, 1.807) is 11.8 Å². The van der Waals surface area contributed by atoms with E-state index in [0.717, 1.165) is 25.7 Å². The highest BCUT2D eigenvalue weighted by Crippen LogP contribution is 2.37. The van der Waals surface area contributed by atoms with Gasteiger partial charge >= 0.3 is 0 Å². The standard InChI is InChI=1S/C14H25N3O2/c1-12(18)16-7-9-17(10-8-16)13(19)14(11-15)5-3-2-4-6-14/h2-11,15H2,1H3. The number of carbonyl (C=O) groups is 2. The van der Waals surface area contributed by atoms with Gasteiger partial charge in [-0.2, -0.15) is 0 Å². The first kappa shape index (κ1) is 14.3. The molecular weight excluding hydrogens is 242 g/mol. The predicted octanol–water partition coefficient (Wildman–Crippen LogP) is 0.586. The van der Waals surface area contributed by atoms with Crippen molar-refractivity contribution in [2.45, 2.75) is 39.0 Å². The summed E-state index contributed by atoms with van der Waals surface area (Å²) in [5.74, 6) is 0.316. The second kappa shape index (κ2) is 5.90. The van der Waals surface area contributed by atoms with Gasteiger partial charge in [-0.1, -0.05) is 19.3 Å². The fourth-order valence-corrected chi connectivity index (χ4v) is 3.29. The first-order valence-electron chi connectivity index (χ1n) is 7.34. The number of piperazine rings is 1. The second-order valence-electron chi connectivity index (χ2n) is 5.84. The van der Waals surface area contributed by atoms with E-state index in [4.69, 9.17) is 5.73 Å². The topological polar surface area (TPSA) is 66.6 Å². The average Bonchev–Trinajstić information content (AvgIpc) is 2.47. The molecule has 1 heterocycles. The van der Waals surface area contributed by atoms with Gasteiger partial charge < -0.3 is 15.5 Å². The van der Waals surface area contributed by atoms with Gasteiger partial charge in [0.25, 0.3) is 0 Å². The first-order valence-corrected chi connectivity index (χ1v) is 7.34. The number of amides is 2. The molecule has 2 fully saturated rings. The summed E-state index contributed by atoms with van der Waals surface area (Å²) in [5, 5.41) is 0. The number of nitrogens with two attached hydrogens (primary N) is 1. The number of carbonyl (C=O) groups excluding carboxylic acids is 2. The van der Waals surface area contributed by atoms with Gasteiger partial charge in [-0.25, -0.2) is 0 Å². The Morgan fingerprint density at radius 3 is 2.00 bits per heavy atom. The third kappa shape index (κ3) is 2.91. The summed E-state index contributed by atoms with van der Waals surface area (Å²) in [4.78, 5) is 27.7. The summed E-state index contributed by atoms with van der Waals surface area (Å²) in [7, 11) is 0. The maximum absolute atomic E-state index is 12.7. The minimum atomic E-state index is -0.323. The second-order valence-corrected chi connectivity index (χ2v) is 5.84. The van der Waals surface area contributed by atoms with Gasteiger partial charge in [-0.3, -0.25) is 9.59 Å². The Labute approximate surface area is 115 Å². The molecule has 2 amide bonds. The quantitative estimate of drug-likeness (QED) is 0.796. The van der Waals surface area contributed by atoms with Crippen molar-refractivity contribution in [1.82, 2.24) is 9.80 Å². The van der Waals surface area contributed by atoms with E-state index in [1.807, 2.05) is 4.90 Å². The Kier molecular flexibility index (Phi) is 4.45. The molecule has 0 spiro atoms. The highest BCUT2D eigenvalue weighted by molar-refractivity contribution is 5.83. The monoisotopic (exact) mass is 267 g/mol. The van der Waals surface area contributed by atoms with Crippen LogP contribution in [0.2, 0.25) is 0 Å². The summed E-state index contributed by atoms with van der Waals surface area (Å²) < 4.78 is 0. The lowest BCUT2D eigenvalue weighted by Gasteiger charge is -2.42. The lowest BCUT2D eigenvalue weighted by atomic mass is 9.73. The van der Waals surface area contributed by atoms with Crippen LogP contribution in [0.4, 0.5) is 0 Å². The highest BCUT2D eigenvalue weighted by Gasteiger charge is 2.41. The van der Waals surface area contributed by atoms with E-state index >= 15 is 0 Å². The molecule has 0 unspecified atom stereocenters. The molecule has 1 saturated heterocycles. The summed E-state index contributed by atoms with van der Waals surface area (Å²) in [6.07, 6.45) is 5.28. The number of rotatable bonds is 2. The fourth-order valence-electron chi connectivity index (χ4n) is 3.29. The van der Waals surface area contributed by atoms with Crippen LogP contribution in [0.15, 0.2) is 0 Å². The molecular formula is C14H25N3O2. The molecule has 0 radical (unpaired) electrons. The van der Waals surface area contributed by atoms with E-state index in [2.05, 4.69) is 0 Å². The molecule has 108 valence electrons. The maximum atomic E-state index is 12.7. The SMILES string of the molecule is CC(=O)N1CCN(C(=O)C2(CN)CCCCC2)CC1. The molecule has 2 rings (SSSR count). The van der Waals surface area contributed by atoms with Gasteiger partial charge in [0.15, 0.2) is 0 Å². The third-order valence-corrected chi connectivity index (χ3v) is 4.67. The Hall–Kier alpha value is -1.10. The van der Waals surface area contributed by atoms with Crippen molar-refractivity contribution in [2.24, 2.45) is 11.1 Å². The zero-order chi connectivity index (χ0) is 13.9. The normalized spacial score (nSPS) is 23.3. The van der Waals surface area contributed by atoms with Crippen molar-refractivity contribution in [1.29, 1.82) is 0 Å². The number of nitrogens with zero attached hydrogens (tertiary/aromatic N) is 2. The summed E-state index contributed by atoms with van der Waals surface area (Å²) >= 11 is 0. The van der Waals surface area contributed by atoms with Gasteiger partial charge in [-0.05, 0) is 12.8 Å². The van der Waals surface area contributed by atoms with E-state index in [1.165, 1.54) is 6.42 Å². The lowest BCUT2D eigenvalue weighted by molar-refractivity contribution is -0.147. The number of hydrogen-bond acceptors (Lipinski definition) is 3. The van der Waals surface area contributed by atoms with Crippen molar-refractivity contribution in [3.8, 4) is 0 Å². The molecule has 2 aliphatic rings. The van der Waals surface area contributed by atoms with Crippen LogP contribution in [0.1, 0.15) is 39.0 Å². The Morgan fingerprint density at radius 2 is 1.53 bits per heavy atom. The molecule has 0 bridgehead atoms. The number of hydrogen-bond donors (Lipinski definition) is 1. The third-order valence-electron chi connectivity index (χ3n) is 4.67. The van der Waals surface area contributed by atoms with Crippen molar-refractivity contribution < 1.29 is 9.59 Å². The van der Waals surface area contributed by atoms with Crippen LogP contribution < -0.4 is 5.73 Å². The molecule has 0 aromatic heterocycles. The molecule has 19 heavy (non-hydrogen) atoms. The van der Waals surface area contributed by atoms with Crippen LogP contribution in [0.3, 0.4) is 0 Å². The van der Waals surface area contributed by atoms with Gasteiger partial charge in [-0.15, -0.1) is 0 Å². The zero-order valence-corrected chi connectivity index (χ0v) is 11.9. The van der Waals surface area contributed by atoms with E-state index < -0.39 is 0 Å². The smallest absolute Gasteiger partial charge is 0.230 e. The molecule has 0 atom stereocenters. The van der Waals surface area contributed by atoms with Crippen molar-refractivity contribution >= 4 is 11.8 Å². The van der Waals surface area contributed by atoms with Gasteiger partial charge in [0, 0.05) is 39.6 Å². The van der Waals surface area contributed by atoms with Gasteiger partial charge in [0.1, 0.15) is 0 Å². The molecule has 1 saturated carbocycles. The van der Waals surface area contributed by atoms with Crippen molar-refractivity contribution in [3.05, 3.63) is 0 Å². The Bertz CT molecular complexity index is 343. The fraction of sp³-hybridized carbons (Fsp3) is 0.857. The van der Waals surface area contributed by atoms with E-state index in [-0.39, 0.29) is 17.2 Å². The van der Waals surface area contributed by atoms with Crippen LogP contribution >= 0.6 is 0 Å². The molecule has 0 aromatic rings. The van der Waals surface area contributed by atoms with E-state index in [9.17, 15) is 9.59 Å². The van der Waals surface area contributed by atoms with Crippen LogP contribution in [0.5, 0.6) is 0 Å². The maximum Gasteiger partial charge on any atom is 0.230 e. The van der Waals surface area contributed by atoms with Gasteiger partial charge in [0.2, 0.25) is 11.8 Å². The molecule has 5 nitrogen and oxygen atoms in total. The molecule has 0 aromatic carbocycles. The summed E-state index contributed by atoms with van der Waals surface area (Å²) in [6.45, 7) is 4.66. The van der Waals surface area contributed by atoms with Gasteiger partial charge in [0.05, 0.1) is 5.41 Å². The van der Waals surface area contributed by atoms with Crippen LogP contribution in [-0.4, -0.2) is 54.3 Å². The lowest BCUT2D eigenvalue weighted by Crippen LogP contribution is -2.56. The van der Waals surface area contributed by atoms with Crippen molar-refractivity contribution in [3.63, 3.8) is 0 Å². The van der Waals surface area contributed by atoms with Crippen LogP contribution in [0.25, 0.3) is 0 Å². The first-order chi connectivity index (χ1) is 9.09. The molecule has 5 heteroatoms.